The van der Waals surface area contributed by atoms with Crippen LogP contribution < -0.4 is 10.1 Å². The van der Waals surface area contributed by atoms with E-state index in [0.29, 0.717) is 11.5 Å². The molecule has 1 aliphatic rings. The monoisotopic (exact) mass is 247 g/mol. The molecule has 2 nitrogen and oxygen atoms in total. The Balaban J connectivity index is 1.65. The van der Waals surface area contributed by atoms with Gasteiger partial charge in [0.15, 0.2) is 0 Å². The van der Waals surface area contributed by atoms with Crippen LogP contribution >= 0.6 is 0 Å². The maximum Gasteiger partial charge on any atom is 0.119 e. The van der Waals surface area contributed by atoms with Gasteiger partial charge in [0.2, 0.25) is 0 Å². The molecule has 1 atom stereocenters. The van der Waals surface area contributed by atoms with Gasteiger partial charge in [-0.3, -0.25) is 0 Å². The maximum absolute atomic E-state index is 5.74. The predicted octanol–water partition coefficient (Wildman–Crippen LogP) is 3.54. The third-order valence-corrected chi connectivity index (χ3v) is 3.76. The van der Waals surface area contributed by atoms with E-state index in [1.54, 1.807) is 0 Å². The van der Waals surface area contributed by atoms with Crippen molar-refractivity contribution in [3.63, 3.8) is 0 Å². The van der Waals surface area contributed by atoms with Gasteiger partial charge in [0, 0.05) is 12.6 Å². The minimum absolute atomic E-state index is 0.523. The average molecular weight is 247 g/mol. The lowest BCUT2D eigenvalue weighted by molar-refractivity contribution is 0.299. The molecule has 0 spiro atoms. The van der Waals surface area contributed by atoms with Crippen molar-refractivity contribution in [3.8, 4) is 5.75 Å². The Morgan fingerprint density at radius 1 is 1.39 bits per heavy atom. The first kappa shape index (κ1) is 13.4. The Hall–Kier alpha value is -1.02. The minimum atomic E-state index is 0.523. The molecule has 18 heavy (non-hydrogen) atoms. The Kier molecular flexibility index (Phi) is 4.28. The van der Waals surface area contributed by atoms with Gasteiger partial charge in [-0.2, -0.15) is 0 Å². The summed E-state index contributed by atoms with van der Waals surface area (Å²) in [6, 6.07) is 8.91. The van der Waals surface area contributed by atoms with Crippen LogP contribution in [0.5, 0.6) is 5.75 Å². The zero-order chi connectivity index (χ0) is 13.0. The second kappa shape index (κ2) is 5.75. The fourth-order valence-electron chi connectivity index (χ4n) is 2.75. The lowest BCUT2D eigenvalue weighted by Crippen LogP contribution is -2.31. The smallest absolute Gasteiger partial charge is 0.119 e. The summed E-state index contributed by atoms with van der Waals surface area (Å²) in [5.74, 6) is 0.976. The van der Waals surface area contributed by atoms with Crippen LogP contribution in [0.3, 0.4) is 0 Å². The molecule has 1 fully saturated rings. The van der Waals surface area contributed by atoms with E-state index in [1.807, 2.05) is 12.1 Å². The molecule has 0 radical (unpaired) electrons. The van der Waals surface area contributed by atoms with Crippen LogP contribution in [-0.4, -0.2) is 19.2 Å². The van der Waals surface area contributed by atoms with Gasteiger partial charge in [-0.15, -0.1) is 0 Å². The minimum Gasteiger partial charge on any atom is -0.492 e. The zero-order valence-corrected chi connectivity index (χ0v) is 11.8. The van der Waals surface area contributed by atoms with Gasteiger partial charge in [0.25, 0.3) is 0 Å². The van der Waals surface area contributed by atoms with E-state index >= 15 is 0 Å². The molecule has 0 aliphatic heterocycles. The topological polar surface area (TPSA) is 21.3 Å². The number of hydrogen-bond acceptors (Lipinski definition) is 2. The summed E-state index contributed by atoms with van der Waals surface area (Å²) in [7, 11) is 0. The molecule has 0 amide bonds. The Labute approximate surface area is 111 Å². The molecule has 0 bridgehead atoms. The van der Waals surface area contributed by atoms with Crippen LogP contribution in [0.1, 0.15) is 38.7 Å². The zero-order valence-electron chi connectivity index (χ0n) is 11.8. The molecule has 1 aromatic carbocycles. The van der Waals surface area contributed by atoms with Crippen molar-refractivity contribution in [2.75, 3.05) is 13.2 Å². The largest absolute Gasteiger partial charge is 0.492 e. The number of aryl methyl sites for hydroxylation is 1. The molecule has 2 heteroatoms. The first-order valence-corrected chi connectivity index (χ1v) is 6.98. The molecule has 1 N–H and O–H groups in total. The second-order valence-corrected chi connectivity index (χ2v) is 6.22. The van der Waals surface area contributed by atoms with E-state index in [1.165, 1.54) is 24.8 Å². The van der Waals surface area contributed by atoms with E-state index in [-0.39, 0.29) is 0 Å². The molecule has 0 heterocycles. The lowest BCUT2D eigenvalue weighted by atomic mass is 9.92. The van der Waals surface area contributed by atoms with Crippen LogP contribution in [0.15, 0.2) is 24.3 Å². The van der Waals surface area contributed by atoms with Gasteiger partial charge >= 0.3 is 0 Å². The number of hydrogen-bond donors (Lipinski definition) is 1. The summed E-state index contributed by atoms with van der Waals surface area (Å²) in [6.45, 7) is 8.50. The average Bonchev–Trinajstić information content (AvgIpc) is 2.65. The maximum atomic E-state index is 5.74. The number of benzene rings is 1. The number of rotatable bonds is 5. The summed E-state index contributed by atoms with van der Waals surface area (Å²) in [4.78, 5) is 0. The standard InChI is InChI=1S/C16H25NO/c1-13-5-4-6-15(11-13)18-10-9-17-14-7-8-16(2,3)12-14/h4-6,11,14,17H,7-10,12H2,1-3H3. The molecule has 1 aliphatic carbocycles. The molecule has 0 saturated heterocycles. The molecular weight excluding hydrogens is 222 g/mol. The van der Waals surface area contributed by atoms with Crippen molar-refractivity contribution in [2.45, 2.75) is 46.1 Å². The number of nitrogens with one attached hydrogen (secondary N) is 1. The molecule has 1 saturated carbocycles. The second-order valence-electron chi connectivity index (χ2n) is 6.22. The van der Waals surface area contributed by atoms with Crippen LogP contribution in [0.4, 0.5) is 0 Å². The molecule has 2 rings (SSSR count). The molecular formula is C16H25NO. The summed E-state index contributed by atoms with van der Waals surface area (Å²) in [6.07, 6.45) is 3.93. The highest BCUT2D eigenvalue weighted by Crippen LogP contribution is 2.36. The fraction of sp³-hybridized carbons (Fsp3) is 0.625. The summed E-state index contributed by atoms with van der Waals surface area (Å²) >= 11 is 0. The van der Waals surface area contributed by atoms with Crippen molar-refractivity contribution in [1.29, 1.82) is 0 Å². The normalized spacial score (nSPS) is 22.1. The van der Waals surface area contributed by atoms with Crippen LogP contribution in [0.2, 0.25) is 0 Å². The van der Waals surface area contributed by atoms with Gasteiger partial charge in [-0.1, -0.05) is 26.0 Å². The highest BCUT2D eigenvalue weighted by atomic mass is 16.5. The molecule has 0 aromatic heterocycles. The van der Waals surface area contributed by atoms with Gasteiger partial charge in [0.1, 0.15) is 12.4 Å². The molecule has 1 aromatic rings. The molecule has 100 valence electrons. The fourth-order valence-corrected chi connectivity index (χ4v) is 2.75. The first-order chi connectivity index (χ1) is 8.55. The van der Waals surface area contributed by atoms with E-state index in [2.05, 4.69) is 38.2 Å². The van der Waals surface area contributed by atoms with Crippen molar-refractivity contribution in [1.82, 2.24) is 5.32 Å². The van der Waals surface area contributed by atoms with Gasteiger partial charge < -0.3 is 10.1 Å². The third kappa shape index (κ3) is 4.02. The molecule has 1 unspecified atom stereocenters. The quantitative estimate of drug-likeness (QED) is 0.804. The van der Waals surface area contributed by atoms with Gasteiger partial charge in [-0.05, 0) is 49.3 Å². The van der Waals surface area contributed by atoms with Gasteiger partial charge in [0.05, 0.1) is 0 Å². The summed E-state index contributed by atoms with van der Waals surface area (Å²) in [5, 5.41) is 3.60. The predicted molar refractivity (Wildman–Crippen MR) is 76.1 cm³/mol. The summed E-state index contributed by atoms with van der Waals surface area (Å²) in [5.41, 5.74) is 1.77. The van der Waals surface area contributed by atoms with Crippen molar-refractivity contribution < 1.29 is 4.74 Å². The lowest BCUT2D eigenvalue weighted by Gasteiger charge is -2.18. The first-order valence-electron chi connectivity index (χ1n) is 6.98. The van der Waals surface area contributed by atoms with Gasteiger partial charge in [-0.25, -0.2) is 0 Å². The van der Waals surface area contributed by atoms with Crippen LogP contribution in [0.25, 0.3) is 0 Å². The highest BCUT2D eigenvalue weighted by Gasteiger charge is 2.30. The van der Waals surface area contributed by atoms with Crippen molar-refractivity contribution >= 4 is 0 Å². The van der Waals surface area contributed by atoms with Crippen LogP contribution in [0, 0.1) is 12.3 Å². The van der Waals surface area contributed by atoms with Crippen molar-refractivity contribution in [3.05, 3.63) is 29.8 Å². The van der Waals surface area contributed by atoms with E-state index in [0.717, 1.165) is 18.9 Å². The van der Waals surface area contributed by atoms with E-state index < -0.39 is 0 Å². The highest BCUT2D eigenvalue weighted by molar-refractivity contribution is 5.27. The summed E-state index contributed by atoms with van der Waals surface area (Å²) < 4.78 is 5.74. The van der Waals surface area contributed by atoms with E-state index in [4.69, 9.17) is 4.74 Å². The Morgan fingerprint density at radius 3 is 2.89 bits per heavy atom. The van der Waals surface area contributed by atoms with Crippen LogP contribution in [-0.2, 0) is 0 Å². The Morgan fingerprint density at radius 2 is 2.22 bits per heavy atom. The van der Waals surface area contributed by atoms with E-state index in [9.17, 15) is 0 Å². The SMILES string of the molecule is Cc1cccc(OCCNC2CCC(C)(C)C2)c1. The number of ether oxygens (including phenoxy) is 1. The third-order valence-electron chi connectivity index (χ3n) is 3.76. The Bertz CT molecular complexity index is 386. The van der Waals surface area contributed by atoms with Crippen molar-refractivity contribution in [2.24, 2.45) is 5.41 Å².